The van der Waals surface area contributed by atoms with Crippen LogP contribution in [0.4, 0.5) is 0 Å². The summed E-state index contributed by atoms with van der Waals surface area (Å²) in [5.41, 5.74) is 1.46. The Morgan fingerprint density at radius 2 is 1.81 bits per heavy atom. The maximum atomic E-state index is 9.98. The maximum Gasteiger partial charge on any atom is 0.216 e. The normalized spacial score (nSPS) is 11.0. The van der Waals surface area contributed by atoms with Crippen LogP contribution in [0, 0.1) is 4.77 Å². The first kappa shape index (κ1) is 18.0. The van der Waals surface area contributed by atoms with Gasteiger partial charge in [0.2, 0.25) is 10.5 Å². The van der Waals surface area contributed by atoms with Gasteiger partial charge in [-0.25, -0.2) is 5.10 Å². The molecule has 0 aliphatic rings. The molecule has 0 radical (unpaired) electrons. The molecule has 0 saturated heterocycles. The molecule has 2 N–H and O–H groups in total. The van der Waals surface area contributed by atoms with Gasteiger partial charge < -0.3 is 14.6 Å². The van der Waals surface area contributed by atoms with Crippen LogP contribution in [0.25, 0.3) is 11.4 Å². The van der Waals surface area contributed by atoms with E-state index in [-0.39, 0.29) is 17.2 Å². The number of nitrogens with zero attached hydrogens (tertiary/aromatic N) is 3. The summed E-state index contributed by atoms with van der Waals surface area (Å²) in [6.07, 6.45) is 1.56. The van der Waals surface area contributed by atoms with Gasteiger partial charge in [-0.2, -0.15) is 14.9 Å². The van der Waals surface area contributed by atoms with Crippen LogP contribution in [0.5, 0.6) is 17.2 Å². The molecule has 7 nitrogen and oxygen atoms in total. The lowest BCUT2D eigenvalue weighted by atomic mass is 10.2. The van der Waals surface area contributed by atoms with E-state index < -0.39 is 0 Å². The summed E-state index contributed by atoms with van der Waals surface area (Å²) in [5, 5.41) is 21.9. The average molecular weight is 391 g/mol. The van der Waals surface area contributed by atoms with Crippen LogP contribution in [0.2, 0.25) is 5.02 Å². The first-order valence-corrected chi connectivity index (χ1v) is 8.25. The van der Waals surface area contributed by atoms with Gasteiger partial charge in [-0.1, -0.05) is 11.6 Å². The number of aromatic amines is 1. The molecule has 3 rings (SSSR count). The quantitative estimate of drug-likeness (QED) is 0.510. The Kier molecular flexibility index (Phi) is 5.24. The van der Waals surface area contributed by atoms with Gasteiger partial charge in [-0.05, 0) is 48.6 Å². The Hall–Kier alpha value is -2.84. The minimum atomic E-state index is -0.0751. The van der Waals surface area contributed by atoms with E-state index in [0.29, 0.717) is 21.2 Å². The zero-order valence-electron chi connectivity index (χ0n) is 13.9. The monoisotopic (exact) mass is 390 g/mol. The molecule has 0 amide bonds. The van der Waals surface area contributed by atoms with Crippen LogP contribution in [0.1, 0.15) is 5.56 Å². The van der Waals surface area contributed by atoms with Crippen molar-refractivity contribution in [2.24, 2.45) is 5.10 Å². The molecular formula is C17H15ClN4O3S. The van der Waals surface area contributed by atoms with E-state index in [9.17, 15) is 5.11 Å². The first-order chi connectivity index (χ1) is 12.5. The molecule has 0 aliphatic carbocycles. The Bertz CT molecular complexity index is 987. The fraction of sp³-hybridized carbons (Fsp3) is 0.118. The predicted molar refractivity (Wildman–Crippen MR) is 102 cm³/mol. The maximum absolute atomic E-state index is 9.98. The van der Waals surface area contributed by atoms with Crippen molar-refractivity contribution in [1.82, 2.24) is 14.9 Å². The third kappa shape index (κ3) is 3.56. The molecule has 0 atom stereocenters. The zero-order chi connectivity index (χ0) is 18.7. The van der Waals surface area contributed by atoms with Crippen molar-refractivity contribution in [3.63, 3.8) is 0 Å². The summed E-state index contributed by atoms with van der Waals surface area (Å²) >= 11 is 11.2. The van der Waals surface area contributed by atoms with Crippen molar-refractivity contribution >= 4 is 30.0 Å². The molecule has 134 valence electrons. The topological polar surface area (TPSA) is 84.7 Å². The highest BCUT2D eigenvalue weighted by atomic mass is 35.5. The number of methoxy groups -OCH3 is 2. The highest BCUT2D eigenvalue weighted by molar-refractivity contribution is 7.71. The molecule has 3 aromatic rings. The molecular weight excluding hydrogens is 376 g/mol. The fourth-order valence-electron chi connectivity index (χ4n) is 2.30. The summed E-state index contributed by atoms with van der Waals surface area (Å²) in [6.45, 7) is 0. The summed E-state index contributed by atoms with van der Waals surface area (Å²) < 4.78 is 12.1. The number of rotatable bonds is 5. The molecule has 0 bridgehead atoms. The van der Waals surface area contributed by atoms with Gasteiger partial charge in [-0.3, -0.25) is 0 Å². The molecule has 1 heterocycles. The average Bonchev–Trinajstić information content (AvgIpc) is 3.02. The Labute approximate surface area is 159 Å². The third-order valence-electron chi connectivity index (χ3n) is 3.58. The summed E-state index contributed by atoms with van der Waals surface area (Å²) in [4.78, 5) is 0. The highest BCUT2D eigenvalue weighted by Crippen LogP contribution is 2.36. The third-order valence-corrected chi connectivity index (χ3v) is 4.09. The van der Waals surface area contributed by atoms with Gasteiger partial charge >= 0.3 is 0 Å². The van der Waals surface area contributed by atoms with Crippen molar-refractivity contribution < 1.29 is 14.6 Å². The van der Waals surface area contributed by atoms with Crippen LogP contribution in [-0.4, -0.2) is 40.4 Å². The number of H-pyrrole nitrogens is 1. The Morgan fingerprint density at radius 1 is 1.19 bits per heavy atom. The van der Waals surface area contributed by atoms with Crippen molar-refractivity contribution in [3.8, 4) is 28.6 Å². The largest absolute Gasteiger partial charge is 0.502 e. The lowest BCUT2D eigenvalue weighted by Gasteiger charge is -2.09. The van der Waals surface area contributed by atoms with E-state index in [1.54, 1.807) is 30.5 Å². The number of ether oxygens (including phenoxy) is 2. The van der Waals surface area contributed by atoms with Crippen molar-refractivity contribution in [3.05, 3.63) is 51.8 Å². The van der Waals surface area contributed by atoms with Crippen molar-refractivity contribution in [2.75, 3.05) is 14.2 Å². The van der Waals surface area contributed by atoms with Gasteiger partial charge in [0.1, 0.15) is 0 Å². The first-order valence-electron chi connectivity index (χ1n) is 7.46. The molecule has 0 unspecified atom stereocenters. The van der Waals surface area contributed by atoms with Crippen LogP contribution >= 0.6 is 23.8 Å². The second-order valence-corrected chi connectivity index (χ2v) is 6.01. The number of phenols is 1. The Morgan fingerprint density at radius 3 is 2.38 bits per heavy atom. The van der Waals surface area contributed by atoms with E-state index in [4.69, 9.17) is 33.3 Å². The second-order valence-electron chi connectivity index (χ2n) is 5.19. The van der Waals surface area contributed by atoms with Crippen molar-refractivity contribution in [1.29, 1.82) is 0 Å². The number of hydrogen-bond donors (Lipinski definition) is 2. The number of halogens is 1. The predicted octanol–water partition coefficient (Wildman–Crippen LogP) is 3.87. The van der Waals surface area contributed by atoms with Crippen LogP contribution in [0.3, 0.4) is 0 Å². The summed E-state index contributed by atoms with van der Waals surface area (Å²) in [6, 6.07) is 10.4. The number of hydrogen-bond acceptors (Lipinski definition) is 6. The standard InChI is InChI=1S/C17H15ClN4O3S/c1-24-13-7-10(8-14(25-2)15(13)23)9-19-22-16(20-21-17(22)26)11-3-5-12(18)6-4-11/h3-9,23H,1-2H3,(H,21,26). The molecule has 26 heavy (non-hydrogen) atoms. The number of nitrogens with one attached hydrogen (secondary N) is 1. The lowest BCUT2D eigenvalue weighted by molar-refractivity contribution is 0.340. The number of aromatic hydroxyl groups is 1. The molecule has 0 spiro atoms. The minimum Gasteiger partial charge on any atom is -0.502 e. The molecule has 2 aromatic carbocycles. The number of phenolic OH excluding ortho intramolecular Hbond substituents is 1. The van der Waals surface area contributed by atoms with Gasteiger partial charge in [0.15, 0.2) is 17.3 Å². The summed E-state index contributed by atoms with van der Waals surface area (Å²) in [7, 11) is 2.92. The SMILES string of the molecule is COc1cc(C=Nn2c(-c3ccc(Cl)cc3)n[nH]c2=S)cc(OC)c1O. The molecule has 0 aliphatic heterocycles. The van der Waals surface area contributed by atoms with Crippen LogP contribution < -0.4 is 9.47 Å². The van der Waals surface area contributed by atoms with E-state index in [2.05, 4.69) is 15.3 Å². The number of aromatic nitrogens is 3. The molecule has 0 fully saturated rings. The van der Waals surface area contributed by atoms with Gasteiger partial charge in [0.25, 0.3) is 0 Å². The van der Waals surface area contributed by atoms with E-state index in [1.807, 2.05) is 12.1 Å². The Balaban J connectivity index is 2.01. The zero-order valence-corrected chi connectivity index (χ0v) is 15.5. The minimum absolute atomic E-state index is 0.0751. The van der Waals surface area contributed by atoms with Crippen LogP contribution in [-0.2, 0) is 0 Å². The molecule has 1 aromatic heterocycles. The van der Waals surface area contributed by atoms with Gasteiger partial charge in [0, 0.05) is 16.1 Å². The highest BCUT2D eigenvalue weighted by Gasteiger charge is 2.11. The van der Waals surface area contributed by atoms with Crippen LogP contribution in [0.15, 0.2) is 41.5 Å². The van der Waals surface area contributed by atoms with E-state index >= 15 is 0 Å². The second kappa shape index (κ2) is 7.59. The fourth-order valence-corrected chi connectivity index (χ4v) is 2.60. The smallest absolute Gasteiger partial charge is 0.216 e. The van der Waals surface area contributed by atoms with Gasteiger partial charge in [0.05, 0.1) is 20.4 Å². The lowest BCUT2D eigenvalue weighted by Crippen LogP contribution is -1.96. The summed E-state index contributed by atoms with van der Waals surface area (Å²) in [5.74, 6) is 1.02. The van der Waals surface area contributed by atoms with Gasteiger partial charge in [-0.15, -0.1) is 0 Å². The number of benzene rings is 2. The van der Waals surface area contributed by atoms with Crippen molar-refractivity contribution in [2.45, 2.75) is 0 Å². The van der Waals surface area contributed by atoms with E-state index in [0.717, 1.165) is 5.56 Å². The molecule has 0 saturated carbocycles. The van der Waals surface area contributed by atoms with E-state index in [1.165, 1.54) is 18.9 Å². The molecule has 9 heteroatoms.